The van der Waals surface area contributed by atoms with Gasteiger partial charge in [-0.3, -0.25) is 14.7 Å². The standard InChI is InChI=1S/C21H27N5O3.ClH/c1-2-29-18-7-6-14(21(28)26-10-4-3-5-11-26)12-17(18)23-20(27)19-15-13-22-9-8-16(15)24-25-19;/h6-7,12,22H,2-5,8-11,13H2,1H3,(H,23,27)(H,24,25);1H. The summed E-state index contributed by atoms with van der Waals surface area (Å²) in [5.41, 5.74) is 3.30. The molecule has 0 aliphatic carbocycles. The van der Waals surface area contributed by atoms with Crippen molar-refractivity contribution < 1.29 is 14.3 Å². The Labute approximate surface area is 182 Å². The molecule has 0 spiro atoms. The van der Waals surface area contributed by atoms with Gasteiger partial charge in [-0.25, -0.2) is 0 Å². The lowest BCUT2D eigenvalue weighted by Gasteiger charge is -2.27. The molecule has 4 rings (SSSR count). The van der Waals surface area contributed by atoms with E-state index in [1.807, 2.05) is 11.8 Å². The molecule has 3 heterocycles. The lowest BCUT2D eigenvalue weighted by molar-refractivity contribution is 0.0724. The van der Waals surface area contributed by atoms with Crippen molar-refractivity contribution in [2.45, 2.75) is 39.2 Å². The summed E-state index contributed by atoms with van der Waals surface area (Å²) in [5.74, 6) is 0.220. The van der Waals surface area contributed by atoms with Crippen LogP contribution in [0.1, 0.15) is 58.3 Å². The van der Waals surface area contributed by atoms with Crippen molar-refractivity contribution >= 4 is 29.9 Å². The van der Waals surface area contributed by atoms with E-state index >= 15 is 0 Å². The number of carbonyl (C=O) groups excluding carboxylic acids is 2. The highest BCUT2D eigenvalue weighted by molar-refractivity contribution is 6.06. The number of likely N-dealkylation sites (tertiary alicyclic amines) is 1. The minimum absolute atomic E-state index is 0. The number of nitrogens with zero attached hydrogens (tertiary/aromatic N) is 2. The number of aromatic nitrogens is 2. The smallest absolute Gasteiger partial charge is 0.276 e. The number of nitrogens with one attached hydrogen (secondary N) is 3. The topological polar surface area (TPSA) is 99.3 Å². The first-order valence-corrected chi connectivity index (χ1v) is 10.3. The van der Waals surface area contributed by atoms with Gasteiger partial charge in [0, 0.05) is 49.4 Å². The zero-order chi connectivity index (χ0) is 20.2. The monoisotopic (exact) mass is 433 g/mol. The van der Waals surface area contributed by atoms with E-state index in [1.54, 1.807) is 18.2 Å². The third-order valence-electron chi connectivity index (χ3n) is 5.44. The van der Waals surface area contributed by atoms with Crippen molar-refractivity contribution in [1.82, 2.24) is 20.4 Å². The van der Waals surface area contributed by atoms with Gasteiger partial charge in [-0.15, -0.1) is 12.4 Å². The van der Waals surface area contributed by atoms with Crippen LogP contribution in [-0.2, 0) is 13.0 Å². The second kappa shape index (κ2) is 9.95. The fourth-order valence-corrected chi connectivity index (χ4v) is 3.92. The van der Waals surface area contributed by atoms with Crippen LogP contribution in [0.2, 0.25) is 0 Å². The van der Waals surface area contributed by atoms with E-state index in [0.29, 0.717) is 35.8 Å². The van der Waals surface area contributed by atoms with Gasteiger partial charge in [0.25, 0.3) is 11.8 Å². The maximum absolute atomic E-state index is 12.9. The molecule has 0 saturated carbocycles. The summed E-state index contributed by atoms with van der Waals surface area (Å²) in [7, 11) is 0. The third kappa shape index (κ3) is 4.60. The van der Waals surface area contributed by atoms with Crippen LogP contribution in [0.5, 0.6) is 5.75 Å². The van der Waals surface area contributed by atoms with Gasteiger partial charge in [-0.1, -0.05) is 0 Å². The largest absolute Gasteiger partial charge is 0.492 e. The number of fused-ring (bicyclic) bond motifs is 1. The molecule has 3 N–H and O–H groups in total. The number of benzene rings is 1. The predicted molar refractivity (Wildman–Crippen MR) is 117 cm³/mol. The van der Waals surface area contributed by atoms with E-state index in [-0.39, 0.29) is 24.2 Å². The Balaban J connectivity index is 0.00000256. The molecule has 0 unspecified atom stereocenters. The minimum atomic E-state index is -0.310. The summed E-state index contributed by atoms with van der Waals surface area (Å²) in [4.78, 5) is 27.7. The zero-order valence-electron chi connectivity index (χ0n) is 17.1. The Kier molecular flexibility index (Phi) is 7.33. The zero-order valence-corrected chi connectivity index (χ0v) is 17.9. The molecule has 2 aliphatic rings. The van der Waals surface area contributed by atoms with Crippen LogP contribution in [-0.4, -0.2) is 53.2 Å². The van der Waals surface area contributed by atoms with Gasteiger partial charge in [0.2, 0.25) is 0 Å². The normalized spacial score (nSPS) is 15.7. The molecule has 1 aromatic carbocycles. The number of carbonyl (C=O) groups is 2. The average molecular weight is 434 g/mol. The second-order valence-electron chi connectivity index (χ2n) is 7.41. The molecule has 30 heavy (non-hydrogen) atoms. The van der Waals surface area contributed by atoms with E-state index in [1.165, 1.54) is 0 Å². The molecular formula is C21H28ClN5O3. The molecule has 1 fully saturated rings. The number of hydrogen-bond donors (Lipinski definition) is 3. The van der Waals surface area contributed by atoms with Crippen molar-refractivity contribution in [2.75, 3.05) is 31.6 Å². The molecule has 1 aromatic heterocycles. The third-order valence-corrected chi connectivity index (χ3v) is 5.44. The highest BCUT2D eigenvalue weighted by atomic mass is 35.5. The highest BCUT2D eigenvalue weighted by Gasteiger charge is 2.24. The fourth-order valence-electron chi connectivity index (χ4n) is 3.92. The number of rotatable bonds is 5. The lowest BCUT2D eigenvalue weighted by Crippen LogP contribution is -2.35. The van der Waals surface area contributed by atoms with Crippen LogP contribution in [0.4, 0.5) is 5.69 Å². The first kappa shape index (κ1) is 22.1. The van der Waals surface area contributed by atoms with Gasteiger partial charge in [0.05, 0.1) is 12.3 Å². The van der Waals surface area contributed by atoms with Gasteiger partial charge in [0.1, 0.15) is 5.75 Å². The molecular weight excluding hydrogens is 406 g/mol. The first-order valence-electron chi connectivity index (χ1n) is 10.3. The lowest BCUT2D eigenvalue weighted by atomic mass is 10.1. The van der Waals surface area contributed by atoms with Gasteiger partial charge >= 0.3 is 0 Å². The summed E-state index contributed by atoms with van der Waals surface area (Å²) in [6, 6.07) is 5.22. The Morgan fingerprint density at radius 3 is 2.80 bits per heavy atom. The van der Waals surface area contributed by atoms with Crippen LogP contribution in [0.3, 0.4) is 0 Å². The minimum Gasteiger partial charge on any atom is -0.492 e. The van der Waals surface area contributed by atoms with Crippen LogP contribution < -0.4 is 15.4 Å². The van der Waals surface area contributed by atoms with Crippen molar-refractivity contribution in [2.24, 2.45) is 0 Å². The fraction of sp³-hybridized carbons (Fsp3) is 0.476. The van der Waals surface area contributed by atoms with Crippen molar-refractivity contribution in [1.29, 1.82) is 0 Å². The van der Waals surface area contributed by atoms with Crippen molar-refractivity contribution in [3.63, 3.8) is 0 Å². The number of piperidine rings is 1. The van der Waals surface area contributed by atoms with Crippen molar-refractivity contribution in [3.8, 4) is 5.75 Å². The first-order chi connectivity index (χ1) is 14.2. The molecule has 9 heteroatoms. The Morgan fingerprint density at radius 1 is 1.23 bits per heavy atom. The van der Waals surface area contributed by atoms with Gasteiger partial charge in [0.15, 0.2) is 5.69 Å². The molecule has 162 valence electrons. The molecule has 0 atom stereocenters. The number of aromatic amines is 1. The van der Waals surface area contributed by atoms with Gasteiger partial charge < -0.3 is 20.3 Å². The van der Waals surface area contributed by atoms with E-state index in [4.69, 9.17) is 4.74 Å². The molecule has 2 aromatic rings. The van der Waals surface area contributed by atoms with Crippen LogP contribution in [0, 0.1) is 0 Å². The Bertz CT molecular complexity index is 908. The summed E-state index contributed by atoms with van der Waals surface area (Å²) in [5, 5.41) is 13.3. The molecule has 1 saturated heterocycles. The van der Waals surface area contributed by atoms with Crippen LogP contribution in [0.15, 0.2) is 18.2 Å². The number of H-pyrrole nitrogens is 1. The quantitative estimate of drug-likeness (QED) is 0.673. The second-order valence-corrected chi connectivity index (χ2v) is 7.41. The van der Waals surface area contributed by atoms with E-state index in [2.05, 4.69) is 20.8 Å². The molecule has 8 nitrogen and oxygen atoms in total. The average Bonchev–Trinajstić information content (AvgIpc) is 3.19. The van der Waals surface area contributed by atoms with E-state index < -0.39 is 0 Å². The van der Waals surface area contributed by atoms with Gasteiger partial charge in [-0.2, -0.15) is 5.10 Å². The number of ether oxygens (including phenoxy) is 1. The van der Waals surface area contributed by atoms with Crippen LogP contribution in [0.25, 0.3) is 0 Å². The number of halogens is 1. The molecule has 2 amide bonds. The molecule has 0 bridgehead atoms. The summed E-state index contributed by atoms with van der Waals surface area (Å²) in [6.07, 6.45) is 4.05. The SMILES string of the molecule is CCOc1ccc(C(=O)N2CCCCC2)cc1NC(=O)c1n[nH]c2c1CNCC2.Cl. The summed E-state index contributed by atoms with van der Waals surface area (Å²) >= 11 is 0. The maximum Gasteiger partial charge on any atom is 0.276 e. The number of amides is 2. The Hall–Kier alpha value is -2.58. The van der Waals surface area contributed by atoms with E-state index in [9.17, 15) is 9.59 Å². The molecule has 0 radical (unpaired) electrons. The number of anilines is 1. The number of hydrogen-bond acceptors (Lipinski definition) is 5. The van der Waals surface area contributed by atoms with E-state index in [0.717, 1.165) is 56.6 Å². The predicted octanol–water partition coefficient (Wildman–Crippen LogP) is 2.75. The Morgan fingerprint density at radius 2 is 2.03 bits per heavy atom. The van der Waals surface area contributed by atoms with Gasteiger partial charge in [-0.05, 0) is 44.4 Å². The van der Waals surface area contributed by atoms with Crippen LogP contribution >= 0.6 is 12.4 Å². The highest BCUT2D eigenvalue weighted by Crippen LogP contribution is 2.28. The summed E-state index contributed by atoms with van der Waals surface area (Å²) < 4.78 is 5.67. The molecule has 2 aliphatic heterocycles. The maximum atomic E-state index is 12.9. The summed E-state index contributed by atoms with van der Waals surface area (Å²) in [6.45, 7) is 5.38. The van der Waals surface area contributed by atoms with Crippen molar-refractivity contribution in [3.05, 3.63) is 40.7 Å².